The number of alkyl halides is 3. The molecule has 9 heteroatoms. The van der Waals surface area contributed by atoms with Gasteiger partial charge < -0.3 is 10.2 Å². The van der Waals surface area contributed by atoms with E-state index in [1.54, 1.807) is 13.0 Å². The number of hydrogen-bond donors (Lipinski definition) is 2. The van der Waals surface area contributed by atoms with Crippen LogP contribution in [0.2, 0.25) is 0 Å². The summed E-state index contributed by atoms with van der Waals surface area (Å²) < 4.78 is 39.1. The number of carboxylic acids is 1. The number of halogens is 3. The van der Waals surface area contributed by atoms with E-state index in [1.165, 1.54) is 6.07 Å². The molecule has 30 heavy (non-hydrogen) atoms. The number of phenols is 1. The molecule has 0 aliphatic rings. The molecule has 0 aliphatic carbocycles. The third-order valence-electron chi connectivity index (χ3n) is 4.96. The second-order valence-corrected chi connectivity index (χ2v) is 8.24. The predicted molar refractivity (Wildman–Crippen MR) is 105 cm³/mol. The topological polar surface area (TPSA) is 88.2 Å². The molecule has 0 atom stereocenters. The normalized spacial score (nSPS) is 12.5. The Kier molecular flexibility index (Phi) is 5.26. The van der Waals surface area contributed by atoms with Crippen LogP contribution in [0.3, 0.4) is 0 Å². The second-order valence-electron chi connectivity index (χ2n) is 8.24. The molecule has 0 unspecified atom stereocenters. The van der Waals surface area contributed by atoms with Gasteiger partial charge in [-0.15, -0.1) is 15.0 Å². The van der Waals surface area contributed by atoms with E-state index in [9.17, 15) is 23.1 Å². The Balaban J connectivity index is 2.23. The summed E-state index contributed by atoms with van der Waals surface area (Å²) in [7, 11) is 0. The van der Waals surface area contributed by atoms with Crippen molar-refractivity contribution in [2.75, 3.05) is 0 Å². The Labute approximate surface area is 170 Å². The number of fused-ring (bicyclic) bond motifs is 1. The lowest BCUT2D eigenvalue weighted by molar-refractivity contribution is -0.138. The fraction of sp³-hybridized carbons (Fsp3) is 0.381. The number of benzene rings is 2. The number of rotatable bonds is 4. The van der Waals surface area contributed by atoms with Crippen LogP contribution in [-0.2, 0) is 22.8 Å². The highest BCUT2D eigenvalue weighted by molar-refractivity contribution is 5.75. The zero-order valence-electron chi connectivity index (χ0n) is 17.0. The number of aliphatic carboxylic acids is 1. The van der Waals surface area contributed by atoms with Gasteiger partial charge in [-0.3, -0.25) is 4.79 Å². The fourth-order valence-electron chi connectivity index (χ4n) is 3.32. The van der Waals surface area contributed by atoms with Gasteiger partial charge >= 0.3 is 12.1 Å². The van der Waals surface area contributed by atoms with Crippen LogP contribution in [0, 0.1) is 6.92 Å². The van der Waals surface area contributed by atoms with Gasteiger partial charge in [-0.05, 0) is 48.1 Å². The first kappa shape index (κ1) is 21.6. The van der Waals surface area contributed by atoms with Crippen molar-refractivity contribution in [3.63, 3.8) is 0 Å². The van der Waals surface area contributed by atoms with Crippen molar-refractivity contribution in [3.8, 4) is 11.4 Å². The molecule has 1 aromatic heterocycles. The second kappa shape index (κ2) is 7.30. The van der Waals surface area contributed by atoms with Crippen molar-refractivity contribution in [3.05, 3.63) is 46.5 Å². The van der Waals surface area contributed by atoms with Gasteiger partial charge in [0.1, 0.15) is 22.5 Å². The molecule has 0 fully saturated rings. The maximum Gasteiger partial charge on any atom is 0.416 e. The SMILES string of the molecule is Cc1c(CCC(=O)O)cc(C(C)(C)C)c(O)c1-n1nc2ccc(C(F)(F)F)cc2n1. The van der Waals surface area contributed by atoms with Crippen LogP contribution in [0.4, 0.5) is 13.2 Å². The van der Waals surface area contributed by atoms with Crippen LogP contribution in [-0.4, -0.2) is 31.2 Å². The zero-order valence-corrected chi connectivity index (χ0v) is 17.0. The molecule has 2 aromatic carbocycles. The number of aryl methyl sites for hydroxylation is 1. The highest BCUT2D eigenvalue weighted by Gasteiger charge is 2.31. The summed E-state index contributed by atoms with van der Waals surface area (Å²) in [5.41, 5.74) is 1.04. The summed E-state index contributed by atoms with van der Waals surface area (Å²) in [6, 6.07) is 4.83. The highest BCUT2D eigenvalue weighted by Crippen LogP contribution is 2.39. The lowest BCUT2D eigenvalue weighted by Crippen LogP contribution is -2.16. The van der Waals surface area contributed by atoms with E-state index in [4.69, 9.17) is 5.11 Å². The van der Waals surface area contributed by atoms with Gasteiger partial charge in [0, 0.05) is 12.0 Å². The molecule has 6 nitrogen and oxygen atoms in total. The quantitative estimate of drug-likeness (QED) is 0.634. The van der Waals surface area contributed by atoms with E-state index in [0.29, 0.717) is 16.7 Å². The van der Waals surface area contributed by atoms with Crippen LogP contribution in [0.25, 0.3) is 16.7 Å². The molecule has 0 radical (unpaired) electrons. The Morgan fingerprint density at radius 1 is 1.10 bits per heavy atom. The van der Waals surface area contributed by atoms with Crippen molar-refractivity contribution in [1.29, 1.82) is 0 Å². The molecule has 0 aliphatic heterocycles. The van der Waals surface area contributed by atoms with Gasteiger partial charge in [0.15, 0.2) is 0 Å². The minimum absolute atomic E-state index is 0.0388. The van der Waals surface area contributed by atoms with Crippen LogP contribution in [0.5, 0.6) is 5.75 Å². The summed E-state index contributed by atoms with van der Waals surface area (Å²) >= 11 is 0. The van der Waals surface area contributed by atoms with Gasteiger partial charge in [0.2, 0.25) is 0 Å². The molecular formula is C21H22F3N3O3. The summed E-state index contributed by atoms with van der Waals surface area (Å²) in [4.78, 5) is 12.2. The molecule has 0 bridgehead atoms. The van der Waals surface area contributed by atoms with Crippen molar-refractivity contribution < 1.29 is 28.2 Å². The van der Waals surface area contributed by atoms with Crippen LogP contribution in [0.1, 0.15) is 49.4 Å². The van der Waals surface area contributed by atoms with Crippen LogP contribution >= 0.6 is 0 Å². The molecule has 3 rings (SSSR count). The van der Waals surface area contributed by atoms with Gasteiger partial charge in [0.25, 0.3) is 0 Å². The van der Waals surface area contributed by atoms with E-state index >= 15 is 0 Å². The standard InChI is InChI=1S/C21H22F3N3O3/c1-11-12(5-8-17(28)29)9-14(20(2,3)4)19(30)18(11)27-25-15-7-6-13(21(22,23)24)10-16(15)26-27/h6-7,9-10,30H,5,8H2,1-4H3,(H,28,29). The highest BCUT2D eigenvalue weighted by atomic mass is 19.4. The van der Waals surface area contributed by atoms with E-state index in [-0.39, 0.29) is 35.3 Å². The van der Waals surface area contributed by atoms with Gasteiger partial charge in [0.05, 0.1) is 5.56 Å². The smallest absolute Gasteiger partial charge is 0.416 e. The Morgan fingerprint density at radius 2 is 1.73 bits per heavy atom. The van der Waals surface area contributed by atoms with E-state index in [1.807, 2.05) is 20.8 Å². The minimum Gasteiger partial charge on any atom is -0.505 e. The summed E-state index contributed by atoms with van der Waals surface area (Å²) in [6.45, 7) is 7.38. The Morgan fingerprint density at radius 3 is 2.30 bits per heavy atom. The first-order valence-electron chi connectivity index (χ1n) is 9.31. The molecule has 2 N–H and O–H groups in total. The van der Waals surface area contributed by atoms with Crippen molar-refractivity contribution in [1.82, 2.24) is 15.0 Å². The van der Waals surface area contributed by atoms with Gasteiger partial charge in [-0.1, -0.05) is 26.8 Å². The number of phenolic OH excluding ortho intramolecular Hbond substituents is 1. The Bertz CT molecular complexity index is 1130. The van der Waals surface area contributed by atoms with Gasteiger partial charge in [-0.2, -0.15) is 13.2 Å². The molecule has 0 amide bonds. The Hall–Kier alpha value is -3.10. The maximum absolute atomic E-state index is 13.0. The fourth-order valence-corrected chi connectivity index (χ4v) is 3.32. The lowest BCUT2D eigenvalue weighted by Gasteiger charge is -2.24. The first-order valence-corrected chi connectivity index (χ1v) is 9.31. The van der Waals surface area contributed by atoms with Crippen molar-refractivity contribution in [2.45, 2.75) is 52.1 Å². The average molecular weight is 421 g/mol. The third-order valence-corrected chi connectivity index (χ3v) is 4.96. The molecule has 160 valence electrons. The van der Waals surface area contributed by atoms with Crippen LogP contribution < -0.4 is 0 Å². The molecule has 1 heterocycles. The van der Waals surface area contributed by atoms with E-state index in [2.05, 4.69) is 10.2 Å². The van der Waals surface area contributed by atoms with Gasteiger partial charge in [-0.25, -0.2) is 0 Å². The third kappa shape index (κ3) is 4.10. The number of carbonyl (C=O) groups is 1. The first-order chi connectivity index (χ1) is 13.8. The molecule has 0 spiro atoms. The number of aromatic hydroxyl groups is 1. The van der Waals surface area contributed by atoms with Crippen molar-refractivity contribution >= 4 is 17.0 Å². The zero-order chi connectivity index (χ0) is 22.4. The number of aromatic nitrogens is 3. The van der Waals surface area contributed by atoms with E-state index in [0.717, 1.165) is 16.9 Å². The monoisotopic (exact) mass is 421 g/mol. The van der Waals surface area contributed by atoms with Crippen molar-refractivity contribution in [2.24, 2.45) is 0 Å². The number of nitrogens with zero attached hydrogens (tertiary/aromatic N) is 3. The van der Waals surface area contributed by atoms with E-state index < -0.39 is 23.1 Å². The molecule has 0 saturated heterocycles. The number of hydrogen-bond acceptors (Lipinski definition) is 4. The lowest BCUT2D eigenvalue weighted by atomic mass is 9.83. The summed E-state index contributed by atoms with van der Waals surface area (Å²) in [5, 5.41) is 28.4. The average Bonchev–Trinajstić information content (AvgIpc) is 3.01. The largest absolute Gasteiger partial charge is 0.505 e. The predicted octanol–water partition coefficient (Wildman–Crippen LogP) is 4.77. The summed E-state index contributed by atoms with van der Waals surface area (Å²) in [6.07, 6.45) is -4.37. The molecular weight excluding hydrogens is 399 g/mol. The molecule has 3 aromatic rings. The minimum atomic E-state index is -4.51. The number of carboxylic acid groups (broad SMARTS) is 1. The summed E-state index contributed by atoms with van der Waals surface area (Å²) in [5.74, 6) is -1.04. The molecule has 0 saturated carbocycles. The maximum atomic E-state index is 13.0. The van der Waals surface area contributed by atoms with Crippen LogP contribution in [0.15, 0.2) is 24.3 Å².